The van der Waals surface area contributed by atoms with Crippen molar-refractivity contribution in [2.75, 3.05) is 0 Å². The van der Waals surface area contributed by atoms with Gasteiger partial charge < -0.3 is 5.32 Å². The molecule has 0 aliphatic rings. The number of nitrogens with one attached hydrogen (secondary N) is 1. The first kappa shape index (κ1) is 12.8. The predicted molar refractivity (Wildman–Crippen MR) is 75.2 cm³/mol. The fraction of sp³-hybridized carbons (Fsp3) is 0.417. The quantitative estimate of drug-likeness (QED) is 0.939. The third-order valence-corrected chi connectivity index (χ3v) is 4.68. The Bertz CT molecular complexity index is 516. The fourth-order valence-corrected chi connectivity index (χ4v) is 3.09. The lowest BCUT2D eigenvalue weighted by Gasteiger charge is -2.04. The van der Waals surface area contributed by atoms with Crippen molar-refractivity contribution in [3.05, 3.63) is 37.7 Å². The number of thiophene rings is 1. The van der Waals surface area contributed by atoms with Crippen molar-refractivity contribution in [3.8, 4) is 0 Å². The van der Waals surface area contributed by atoms with Crippen LogP contribution in [0.5, 0.6) is 0 Å². The summed E-state index contributed by atoms with van der Waals surface area (Å²) in [5.41, 5.74) is 2.23. The van der Waals surface area contributed by atoms with Gasteiger partial charge in [-0.3, -0.25) is 4.68 Å². The average molecular weight is 314 g/mol. The third-order valence-electron chi connectivity index (χ3n) is 2.65. The lowest BCUT2D eigenvalue weighted by molar-refractivity contribution is 0.626. The number of hydrogen-bond acceptors (Lipinski definition) is 3. The zero-order valence-corrected chi connectivity index (χ0v) is 12.7. The van der Waals surface area contributed by atoms with E-state index in [1.807, 2.05) is 30.0 Å². The maximum Gasteiger partial charge on any atom is 0.0739 e. The van der Waals surface area contributed by atoms with Gasteiger partial charge in [-0.25, -0.2) is 0 Å². The molecular weight excluding hydrogens is 298 g/mol. The molecule has 0 spiro atoms. The van der Waals surface area contributed by atoms with E-state index in [1.165, 1.54) is 15.4 Å². The van der Waals surface area contributed by atoms with Gasteiger partial charge in [0, 0.05) is 29.9 Å². The smallest absolute Gasteiger partial charge is 0.0739 e. The second-order valence-corrected chi connectivity index (χ2v) is 6.25. The molecule has 0 atom stereocenters. The molecule has 0 fully saturated rings. The highest BCUT2D eigenvalue weighted by molar-refractivity contribution is 9.10. The van der Waals surface area contributed by atoms with Gasteiger partial charge in [0.25, 0.3) is 0 Å². The van der Waals surface area contributed by atoms with E-state index in [2.05, 4.69) is 45.4 Å². The molecule has 17 heavy (non-hydrogen) atoms. The van der Waals surface area contributed by atoms with Crippen molar-refractivity contribution in [1.29, 1.82) is 0 Å². The Morgan fingerprint density at radius 1 is 1.35 bits per heavy atom. The van der Waals surface area contributed by atoms with Gasteiger partial charge in [0.1, 0.15) is 0 Å². The SMILES string of the molecule is Cc1ccc(CNCc2c(Br)c(C)nn2C)s1. The molecule has 2 aromatic heterocycles. The molecular formula is C12H16BrN3S. The molecule has 3 nitrogen and oxygen atoms in total. The van der Waals surface area contributed by atoms with Gasteiger partial charge in [0.2, 0.25) is 0 Å². The van der Waals surface area contributed by atoms with Crippen LogP contribution < -0.4 is 5.32 Å². The van der Waals surface area contributed by atoms with Crippen LogP contribution in [0, 0.1) is 13.8 Å². The summed E-state index contributed by atoms with van der Waals surface area (Å²) in [6, 6.07) is 4.34. The molecule has 92 valence electrons. The molecule has 0 saturated heterocycles. The van der Waals surface area contributed by atoms with E-state index in [9.17, 15) is 0 Å². The zero-order chi connectivity index (χ0) is 12.4. The predicted octanol–water partition coefficient (Wildman–Crippen LogP) is 3.15. The molecule has 0 bridgehead atoms. The van der Waals surface area contributed by atoms with Gasteiger partial charge in [-0.15, -0.1) is 11.3 Å². The standard InChI is InChI=1S/C12H16BrN3S/c1-8-4-5-10(17-8)6-14-7-11-12(13)9(2)15-16(11)3/h4-5,14H,6-7H2,1-3H3. The first-order valence-electron chi connectivity index (χ1n) is 5.52. The number of hydrogen-bond donors (Lipinski definition) is 1. The van der Waals surface area contributed by atoms with Crippen molar-refractivity contribution >= 4 is 27.3 Å². The van der Waals surface area contributed by atoms with Crippen LogP contribution in [0.1, 0.15) is 21.1 Å². The van der Waals surface area contributed by atoms with Gasteiger partial charge in [-0.2, -0.15) is 5.10 Å². The molecule has 2 aromatic rings. The van der Waals surface area contributed by atoms with Gasteiger partial charge in [0.15, 0.2) is 0 Å². The molecule has 0 amide bonds. The van der Waals surface area contributed by atoms with Crippen LogP contribution in [-0.4, -0.2) is 9.78 Å². The average Bonchev–Trinajstić information content (AvgIpc) is 2.78. The van der Waals surface area contributed by atoms with Crippen LogP contribution >= 0.6 is 27.3 Å². The summed E-state index contributed by atoms with van der Waals surface area (Å²) in [7, 11) is 1.98. The monoisotopic (exact) mass is 313 g/mol. The topological polar surface area (TPSA) is 29.9 Å². The summed E-state index contributed by atoms with van der Waals surface area (Å²) < 4.78 is 3.03. The molecule has 2 heterocycles. The van der Waals surface area contributed by atoms with Gasteiger partial charge in [0.05, 0.1) is 15.9 Å². The van der Waals surface area contributed by atoms with Crippen LogP contribution in [0.2, 0.25) is 0 Å². The minimum absolute atomic E-state index is 0.828. The highest BCUT2D eigenvalue weighted by Crippen LogP contribution is 2.20. The Morgan fingerprint density at radius 3 is 2.65 bits per heavy atom. The Hall–Kier alpha value is -0.650. The fourth-order valence-electron chi connectivity index (χ4n) is 1.76. The second kappa shape index (κ2) is 5.33. The molecule has 0 unspecified atom stereocenters. The zero-order valence-electron chi connectivity index (χ0n) is 10.2. The molecule has 2 rings (SSSR count). The van der Waals surface area contributed by atoms with E-state index >= 15 is 0 Å². The number of aromatic nitrogens is 2. The van der Waals surface area contributed by atoms with Crippen molar-refractivity contribution in [2.24, 2.45) is 7.05 Å². The maximum atomic E-state index is 4.37. The molecule has 0 aliphatic heterocycles. The summed E-state index contributed by atoms with van der Waals surface area (Å²) in [5.74, 6) is 0. The van der Waals surface area contributed by atoms with Gasteiger partial charge in [-0.05, 0) is 41.9 Å². The summed E-state index contributed by atoms with van der Waals surface area (Å²) in [6.07, 6.45) is 0. The van der Waals surface area contributed by atoms with E-state index in [-0.39, 0.29) is 0 Å². The number of rotatable bonds is 4. The van der Waals surface area contributed by atoms with E-state index in [0.717, 1.165) is 23.3 Å². The number of nitrogens with zero attached hydrogens (tertiary/aromatic N) is 2. The molecule has 5 heteroatoms. The summed E-state index contributed by atoms with van der Waals surface area (Å²) in [4.78, 5) is 2.73. The summed E-state index contributed by atoms with van der Waals surface area (Å²) in [6.45, 7) is 5.88. The summed E-state index contributed by atoms with van der Waals surface area (Å²) in [5, 5.41) is 7.82. The lowest BCUT2D eigenvalue weighted by Crippen LogP contribution is -2.14. The second-order valence-electron chi connectivity index (χ2n) is 4.09. The number of aryl methyl sites for hydroxylation is 3. The van der Waals surface area contributed by atoms with Gasteiger partial charge in [-0.1, -0.05) is 0 Å². The highest BCUT2D eigenvalue weighted by atomic mass is 79.9. The first-order valence-corrected chi connectivity index (χ1v) is 7.13. The number of halogens is 1. The Labute approximate surface area is 114 Å². The minimum atomic E-state index is 0.828. The Balaban J connectivity index is 1.94. The maximum absolute atomic E-state index is 4.37. The third kappa shape index (κ3) is 2.97. The lowest BCUT2D eigenvalue weighted by atomic mass is 10.3. The van der Waals surface area contributed by atoms with E-state index in [1.54, 1.807) is 0 Å². The molecule has 1 N–H and O–H groups in total. The largest absolute Gasteiger partial charge is 0.306 e. The van der Waals surface area contributed by atoms with Crippen molar-refractivity contribution in [2.45, 2.75) is 26.9 Å². The molecule has 0 aliphatic carbocycles. The van der Waals surface area contributed by atoms with Crippen LogP contribution in [0.3, 0.4) is 0 Å². The highest BCUT2D eigenvalue weighted by Gasteiger charge is 2.09. The Kier molecular flexibility index (Phi) is 4.01. The van der Waals surface area contributed by atoms with Crippen LogP contribution in [0.15, 0.2) is 16.6 Å². The van der Waals surface area contributed by atoms with Crippen LogP contribution in [-0.2, 0) is 20.1 Å². The van der Waals surface area contributed by atoms with Crippen LogP contribution in [0.4, 0.5) is 0 Å². The van der Waals surface area contributed by atoms with E-state index in [4.69, 9.17) is 0 Å². The molecule has 0 radical (unpaired) electrons. The normalized spacial score (nSPS) is 11.1. The first-order chi connectivity index (χ1) is 8.08. The van der Waals surface area contributed by atoms with Crippen molar-refractivity contribution in [3.63, 3.8) is 0 Å². The van der Waals surface area contributed by atoms with Gasteiger partial charge >= 0.3 is 0 Å². The molecule has 0 saturated carbocycles. The van der Waals surface area contributed by atoms with E-state index < -0.39 is 0 Å². The summed E-state index contributed by atoms with van der Waals surface area (Å²) >= 11 is 5.41. The van der Waals surface area contributed by atoms with E-state index in [0.29, 0.717) is 0 Å². The Morgan fingerprint density at radius 2 is 2.12 bits per heavy atom. The minimum Gasteiger partial charge on any atom is -0.306 e. The van der Waals surface area contributed by atoms with Crippen molar-refractivity contribution in [1.82, 2.24) is 15.1 Å². The van der Waals surface area contributed by atoms with Crippen molar-refractivity contribution < 1.29 is 0 Å². The van der Waals surface area contributed by atoms with Crippen LogP contribution in [0.25, 0.3) is 0 Å². The molecule has 0 aromatic carbocycles.